The number of hydrogen-bond acceptors (Lipinski definition) is 4. The molecule has 1 saturated heterocycles. The Kier molecular flexibility index (Phi) is 3.95. The third kappa shape index (κ3) is 2.33. The van der Waals surface area contributed by atoms with Gasteiger partial charge in [0, 0.05) is 17.9 Å². The lowest BCUT2D eigenvalue weighted by atomic mass is 9.85. The van der Waals surface area contributed by atoms with Crippen LogP contribution in [0.1, 0.15) is 32.1 Å². The Bertz CT molecular complexity index is 941. The van der Waals surface area contributed by atoms with Crippen molar-refractivity contribution in [3.05, 3.63) is 56.6 Å². The summed E-state index contributed by atoms with van der Waals surface area (Å²) in [6.07, 6.45) is 9.90. The van der Waals surface area contributed by atoms with Crippen molar-refractivity contribution in [3.8, 4) is 0 Å². The maximum absolute atomic E-state index is 13.2. The van der Waals surface area contributed by atoms with Crippen LogP contribution < -0.4 is 4.90 Å². The Balaban J connectivity index is 1.52. The van der Waals surface area contributed by atoms with Gasteiger partial charge in [-0.05, 0) is 37.8 Å². The highest BCUT2D eigenvalue weighted by atomic mass is 35.5. The van der Waals surface area contributed by atoms with Gasteiger partial charge in [0.15, 0.2) is 0 Å². The minimum atomic E-state index is -0.603. The van der Waals surface area contributed by atoms with Gasteiger partial charge in [0.1, 0.15) is 5.02 Å². The number of nitrogens with zero attached hydrogens (tertiary/aromatic N) is 2. The zero-order valence-electron chi connectivity index (χ0n) is 15.1. The van der Waals surface area contributed by atoms with Crippen molar-refractivity contribution in [1.82, 2.24) is 0 Å². The van der Waals surface area contributed by atoms with Crippen LogP contribution >= 0.6 is 11.6 Å². The monoisotopic (exact) mass is 398 g/mol. The van der Waals surface area contributed by atoms with E-state index in [0.29, 0.717) is 0 Å². The predicted molar refractivity (Wildman–Crippen MR) is 104 cm³/mol. The predicted octanol–water partition coefficient (Wildman–Crippen LogP) is 4.43. The van der Waals surface area contributed by atoms with Crippen LogP contribution in [0.25, 0.3) is 0 Å². The number of halogens is 1. The minimum Gasteiger partial charge on any atom is -0.274 e. The van der Waals surface area contributed by atoms with Crippen LogP contribution in [0, 0.1) is 33.8 Å². The summed E-state index contributed by atoms with van der Waals surface area (Å²) < 4.78 is 0. The van der Waals surface area contributed by atoms with Gasteiger partial charge in [-0.3, -0.25) is 19.7 Å². The van der Waals surface area contributed by atoms with Crippen molar-refractivity contribution in [2.75, 3.05) is 4.90 Å². The number of nitro benzene ring substituents is 1. The number of hydrogen-bond donors (Lipinski definition) is 0. The fourth-order valence-electron chi connectivity index (χ4n) is 5.54. The van der Waals surface area contributed by atoms with E-state index in [0.717, 1.165) is 17.7 Å². The van der Waals surface area contributed by atoms with Crippen LogP contribution in [-0.4, -0.2) is 16.7 Å². The molecule has 1 aromatic carbocycles. The van der Waals surface area contributed by atoms with E-state index in [9.17, 15) is 19.7 Å². The smallest absolute Gasteiger partial charge is 0.274 e. The van der Waals surface area contributed by atoms with E-state index in [1.165, 1.54) is 48.6 Å². The molecule has 0 N–H and O–H groups in total. The van der Waals surface area contributed by atoms with Gasteiger partial charge in [-0.1, -0.05) is 41.3 Å². The number of carbonyl (C=O) groups is 2. The van der Waals surface area contributed by atoms with Gasteiger partial charge < -0.3 is 0 Å². The maximum atomic E-state index is 13.2. The molecule has 0 radical (unpaired) electrons. The Hall–Kier alpha value is -2.47. The van der Waals surface area contributed by atoms with Crippen molar-refractivity contribution in [2.24, 2.45) is 23.7 Å². The van der Waals surface area contributed by atoms with E-state index in [-0.39, 0.29) is 51.9 Å². The summed E-state index contributed by atoms with van der Waals surface area (Å²) in [5, 5.41) is 11.2. The molecule has 2 saturated carbocycles. The number of anilines is 1. The first-order chi connectivity index (χ1) is 13.5. The number of fused-ring (bicyclic) bond motifs is 5. The number of nitro groups is 1. The Morgan fingerprint density at radius 2 is 1.61 bits per heavy atom. The molecule has 28 heavy (non-hydrogen) atoms. The van der Waals surface area contributed by atoms with Crippen LogP contribution in [-0.2, 0) is 9.59 Å². The molecule has 6 nitrogen and oxygen atoms in total. The highest BCUT2D eigenvalue weighted by Crippen LogP contribution is 2.58. The van der Waals surface area contributed by atoms with E-state index in [2.05, 4.69) is 12.2 Å². The van der Waals surface area contributed by atoms with Gasteiger partial charge in [-0.25, -0.2) is 4.90 Å². The summed E-state index contributed by atoms with van der Waals surface area (Å²) in [5.74, 6) is -1.29. The molecule has 7 heteroatoms. The molecule has 3 fully saturated rings. The highest BCUT2D eigenvalue weighted by molar-refractivity contribution is 6.33. The van der Waals surface area contributed by atoms with Gasteiger partial charge >= 0.3 is 0 Å². The summed E-state index contributed by atoms with van der Waals surface area (Å²) in [6.45, 7) is 0. The zero-order valence-corrected chi connectivity index (χ0v) is 15.9. The molecule has 144 valence electrons. The molecular formula is C21H19ClN2O4. The molecule has 4 unspecified atom stereocenters. The van der Waals surface area contributed by atoms with Crippen molar-refractivity contribution in [1.29, 1.82) is 0 Å². The topological polar surface area (TPSA) is 80.5 Å². The lowest BCUT2D eigenvalue weighted by molar-refractivity contribution is -0.384. The summed E-state index contributed by atoms with van der Waals surface area (Å²) in [7, 11) is 0. The molecule has 5 rings (SSSR count). The molecule has 0 spiro atoms. The molecule has 0 aromatic heterocycles. The number of carbonyl (C=O) groups excluding carboxylic acids is 2. The first-order valence-electron chi connectivity index (χ1n) is 9.71. The molecule has 1 aromatic rings. The summed E-state index contributed by atoms with van der Waals surface area (Å²) in [5.41, 5.74) is 2.67. The summed E-state index contributed by atoms with van der Waals surface area (Å²) in [4.78, 5) is 38.2. The van der Waals surface area contributed by atoms with E-state index in [4.69, 9.17) is 11.6 Å². The molecule has 1 heterocycles. The maximum Gasteiger partial charge on any atom is 0.289 e. The van der Waals surface area contributed by atoms with Gasteiger partial charge in [0.05, 0.1) is 22.4 Å². The van der Waals surface area contributed by atoms with Crippen LogP contribution in [0.4, 0.5) is 11.4 Å². The number of allylic oxidation sites excluding steroid dienone is 4. The van der Waals surface area contributed by atoms with Crippen LogP contribution in [0.3, 0.4) is 0 Å². The van der Waals surface area contributed by atoms with E-state index in [1.807, 2.05) is 0 Å². The van der Waals surface area contributed by atoms with Crippen molar-refractivity contribution < 1.29 is 14.5 Å². The van der Waals surface area contributed by atoms with E-state index < -0.39 is 4.92 Å². The molecular weight excluding hydrogens is 380 g/mol. The van der Waals surface area contributed by atoms with Crippen molar-refractivity contribution in [2.45, 2.75) is 32.1 Å². The van der Waals surface area contributed by atoms with Crippen molar-refractivity contribution in [3.63, 3.8) is 0 Å². The largest absolute Gasteiger partial charge is 0.289 e. The van der Waals surface area contributed by atoms with Gasteiger partial charge in [0.2, 0.25) is 11.8 Å². The first kappa shape index (κ1) is 17.6. The first-order valence-corrected chi connectivity index (χ1v) is 10.1. The lowest BCUT2D eigenvalue weighted by Crippen LogP contribution is -2.33. The fourth-order valence-corrected chi connectivity index (χ4v) is 5.72. The number of rotatable bonds is 2. The van der Waals surface area contributed by atoms with Gasteiger partial charge in [0.25, 0.3) is 5.69 Å². The molecule has 2 bridgehead atoms. The third-order valence-electron chi connectivity index (χ3n) is 6.67. The Morgan fingerprint density at radius 3 is 2.18 bits per heavy atom. The second kappa shape index (κ2) is 6.27. The minimum absolute atomic E-state index is 0.00756. The van der Waals surface area contributed by atoms with Gasteiger partial charge in [-0.2, -0.15) is 0 Å². The molecule has 2 amide bonds. The summed E-state index contributed by atoms with van der Waals surface area (Å²) >= 11 is 5.88. The van der Waals surface area contributed by atoms with Gasteiger partial charge in [-0.15, -0.1) is 0 Å². The molecule has 4 aliphatic rings. The third-order valence-corrected chi connectivity index (χ3v) is 6.99. The van der Waals surface area contributed by atoms with Crippen LogP contribution in [0.2, 0.25) is 5.02 Å². The SMILES string of the molecule is O=C1C2C3C=CC(C3=C3CCCCC3)C2C(=O)N1c1ccc(Cl)c([N+](=O)[O-])c1. The second-order valence-corrected chi connectivity index (χ2v) is 8.42. The van der Waals surface area contributed by atoms with E-state index >= 15 is 0 Å². The van der Waals surface area contributed by atoms with Crippen molar-refractivity contribution >= 4 is 34.8 Å². The van der Waals surface area contributed by atoms with Crippen LogP contribution in [0.5, 0.6) is 0 Å². The average Bonchev–Trinajstić information content (AvgIpc) is 3.33. The normalized spacial score (nSPS) is 31.1. The highest BCUT2D eigenvalue weighted by Gasteiger charge is 2.62. The summed E-state index contributed by atoms with van der Waals surface area (Å²) in [6, 6.07) is 4.09. The Morgan fingerprint density at radius 1 is 1.00 bits per heavy atom. The standard InChI is InChI=1S/C21H19ClN2O4/c22-15-9-6-12(10-16(15)24(27)28)23-20(25)18-13-7-8-14(19(18)21(23)26)17(13)11-4-2-1-3-5-11/h6-10,13-14,18-19H,1-5H2. The number of benzene rings is 1. The number of imide groups is 1. The molecule has 3 aliphatic carbocycles. The Labute approximate surface area is 167 Å². The van der Waals surface area contributed by atoms with E-state index in [1.54, 1.807) is 0 Å². The van der Waals surface area contributed by atoms with Crippen LogP contribution in [0.15, 0.2) is 41.5 Å². The molecule has 1 aliphatic heterocycles. The quantitative estimate of drug-likeness (QED) is 0.319. The fraction of sp³-hybridized carbons (Fsp3) is 0.429. The average molecular weight is 399 g/mol. The molecule has 4 atom stereocenters. The second-order valence-electron chi connectivity index (χ2n) is 8.01. The lowest BCUT2D eigenvalue weighted by Gasteiger charge is -2.23. The number of amides is 2. The zero-order chi connectivity index (χ0) is 19.6.